The van der Waals surface area contributed by atoms with E-state index in [1.165, 1.54) is 109 Å². The molecular weight excluding hydrogens is 1710 g/mol. The van der Waals surface area contributed by atoms with Crippen molar-refractivity contribution in [2.24, 2.45) is 10.2 Å². The number of anilines is 4. The van der Waals surface area contributed by atoms with Crippen LogP contribution in [0.2, 0.25) is 0 Å². The van der Waals surface area contributed by atoms with Crippen LogP contribution in [0.3, 0.4) is 0 Å². The predicted octanol–water partition coefficient (Wildman–Crippen LogP) is 0.862. The van der Waals surface area contributed by atoms with Gasteiger partial charge in [-0.3, -0.25) is 53.4 Å². The Labute approximate surface area is 711 Å². The van der Waals surface area contributed by atoms with Crippen molar-refractivity contribution in [2.45, 2.75) is 9.79 Å². The van der Waals surface area contributed by atoms with Crippen LogP contribution in [0.1, 0.15) is 31.8 Å². The number of benzene rings is 6. The fourth-order valence-corrected chi connectivity index (χ4v) is 13.5. The van der Waals surface area contributed by atoms with E-state index in [4.69, 9.17) is 88.6 Å². The minimum Gasteiger partial charge on any atom is -0.394 e. The van der Waals surface area contributed by atoms with Gasteiger partial charge >= 0.3 is 6.03 Å². The number of amides is 2. The van der Waals surface area contributed by atoms with Crippen molar-refractivity contribution in [2.75, 3.05) is 259 Å². The van der Waals surface area contributed by atoms with Gasteiger partial charge in [-0.15, -0.1) is 0 Å². The number of aliphatic hydroxyl groups is 9. The average molecular weight is 1820 g/mol. The van der Waals surface area contributed by atoms with Gasteiger partial charge in [0.05, 0.1) is 200 Å². The number of ketones is 2. The maximum absolute atomic E-state index is 13.6. The van der Waals surface area contributed by atoms with Gasteiger partial charge in [-0.05, 0) is 130 Å². The first-order valence-corrected chi connectivity index (χ1v) is 44.1. The largest absolute Gasteiger partial charge is 0.394 e. The third-order valence-corrected chi connectivity index (χ3v) is 20.5. The van der Waals surface area contributed by atoms with Crippen molar-refractivity contribution in [3.63, 3.8) is 0 Å². The van der Waals surface area contributed by atoms with Gasteiger partial charge in [0.2, 0.25) is 11.6 Å². The molecule has 684 valence electrons. The molecule has 0 unspecified atom stereocenters. The number of ether oxygens (including phenoxy) is 9. The molecule has 8 rings (SSSR count). The lowest BCUT2D eigenvalue weighted by molar-refractivity contribution is 0.0325. The molecule has 0 radical (unpaired) electrons. The van der Waals surface area contributed by atoms with Crippen molar-refractivity contribution in [1.29, 1.82) is 0 Å². The van der Waals surface area contributed by atoms with E-state index in [1.807, 2.05) is 0 Å². The van der Waals surface area contributed by atoms with E-state index in [1.54, 1.807) is 0 Å². The van der Waals surface area contributed by atoms with Crippen LogP contribution in [-0.4, -0.2) is 379 Å². The summed E-state index contributed by atoms with van der Waals surface area (Å²) in [6.07, 6.45) is 1.93. The van der Waals surface area contributed by atoms with E-state index in [9.17, 15) is 66.3 Å². The molecule has 0 fully saturated rings. The molecule has 6 aromatic carbocycles. The number of aliphatic hydroxyl groups excluding tert-OH is 9. The molecule has 0 heterocycles. The van der Waals surface area contributed by atoms with Gasteiger partial charge < -0.3 is 99.2 Å². The third-order valence-electron chi connectivity index (χ3n) is 17.0. The number of nitrogens with one attached hydrogen (secondary N) is 4. The lowest BCUT2D eigenvalue weighted by Gasteiger charge is -2.22. The second-order valence-corrected chi connectivity index (χ2v) is 31.5. The summed E-state index contributed by atoms with van der Waals surface area (Å²) in [5.74, 6) is -1.83. The standard InChI is InChI=1S/C41H28N6O15S4.3C12H27NO6/c48-39-33-11-7-27(15-25(33)19-35(65(57,58)59)37(39)46-44-29-5-1-23-17-31(63(51,52)53)9-3-21(23)13-29)42-41(50)43-28-8-12-34-26(16-28)20-36(66(60,61)62)38(40(34)49)47-45-30-6-2-24-18-32(64(54,55)56)10-4-22(24)14-30;3*14-4-10-17-7-1-13(2-8-18-11-5-15)3-9-19-12-6-16/h1-20,44-45H,(H2,42,43,50)(H,51,52,53)(H,54,55,56)(H,57,58,59)(H,60,61,62);3*14-16H,1-12H2/b46-37+,47-38+;;;. The van der Waals surface area contributed by atoms with Crippen LogP contribution in [0, 0.1) is 0 Å². The van der Waals surface area contributed by atoms with Crippen LogP contribution in [0.5, 0.6) is 0 Å². The Morgan fingerprint density at radius 1 is 0.301 bits per heavy atom. The first-order chi connectivity index (χ1) is 59.0. The Hall–Kier alpha value is -8.33. The molecule has 0 saturated carbocycles. The van der Waals surface area contributed by atoms with Crippen LogP contribution >= 0.6 is 0 Å². The zero-order valence-electron chi connectivity index (χ0n) is 67.4. The average Bonchev–Trinajstić information content (AvgIpc) is 0.770. The van der Waals surface area contributed by atoms with E-state index in [0.29, 0.717) is 140 Å². The van der Waals surface area contributed by atoms with Gasteiger partial charge in [-0.2, -0.15) is 43.9 Å². The molecule has 0 spiro atoms. The normalized spacial score (nSPS) is 13.6. The summed E-state index contributed by atoms with van der Waals surface area (Å²) in [5, 5.41) is 92.2. The van der Waals surface area contributed by atoms with Gasteiger partial charge in [-0.25, -0.2) is 4.79 Å². The van der Waals surface area contributed by atoms with Gasteiger partial charge in [0.1, 0.15) is 9.81 Å². The molecule has 0 aromatic heterocycles. The molecule has 2 aliphatic carbocycles. The summed E-state index contributed by atoms with van der Waals surface area (Å²) in [6, 6.07) is 23.2. The molecule has 0 bridgehead atoms. The van der Waals surface area contributed by atoms with Crippen molar-refractivity contribution >= 4 is 126 Å². The highest BCUT2D eigenvalue weighted by atomic mass is 32.2. The Bertz CT molecular complexity index is 4460. The molecule has 17 N–H and O–H groups in total. The molecule has 2 aliphatic rings. The van der Waals surface area contributed by atoms with Crippen LogP contribution < -0.4 is 21.5 Å². The molecule has 123 heavy (non-hydrogen) atoms. The summed E-state index contributed by atoms with van der Waals surface area (Å²) in [5.41, 5.74) is 4.15. The van der Waals surface area contributed by atoms with Crippen molar-refractivity contribution in [3.05, 3.63) is 141 Å². The minimum atomic E-state index is -5.07. The van der Waals surface area contributed by atoms with Gasteiger partial charge in [-0.1, -0.05) is 24.3 Å². The van der Waals surface area contributed by atoms with Crippen LogP contribution in [0.4, 0.5) is 27.5 Å². The van der Waals surface area contributed by atoms with Crippen molar-refractivity contribution in [3.8, 4) is 0 Å². The number of rotatable bonds is 55. The third kappa shape index (κ3) is 39.4. The molecule has 0 aliphatic heterocycles. The lowest BCUT2D eigenvalue weighted by atomic mass is 9.94. The second-order valence-electron chi connectivity index (χ2n) is 25.9. The summed E-state index contributed by atoms with van der Waals surface area (Å²) in [4.78, 5) is 44.2. The number of allylic oxidation sites excluding steroid dienone is 2. The topological polar surface area (TPSA) is 616 Å². The molecule has 0 atom stereocenters. The summed E-state index contributed by atoms with van der Waals surface area (Å²) < 4.78 is 182. The molecule has 0 saturated heterocycles. The van der Waals surface area contributed by atoms with Crippen LogP contribution in [-0.2, 0) is 83.1 Å². The Morgan fingerprint density at radius 3 is 0.772 bits per heavy atom. The minimum absolute atomic E-state index is 0.0262. The second kappa shape index (κ2) is 57.3. The number of Topliss-reactive ketones (excluding diaryl/α,β-unsaturated/α-hetero) is 2. The van der Waals surface area contributed by atoms with Gasteiger partial charge in [0.25, 0.3) is 40.5 Å². The zero-order chi connectivity index (χ0) is 90.1. The zero-order valence-corrected chi connectivity index (χ0v) is 70.6. The summed E-state index contributed by atoms with van der Waals surface area (Å²) in [7, 11) is -19.1. The lowest BCUT2D eigenvalue weighted by Crippen LogP contribution is -2.34. The summed E-state index contributed by atoms with van der Waals surface area (Å²) >= 11 is 0. The number of hydrogen-bond donors (Lipinski definition) is 17. The van der Waals surface area contributed by atoms with Gasteiger partial charge in [0, 0.05) is 81.4 Å². The maximum Gasteiger partial charge on any atom is 0.323 e. The fourth-order valence-electron chi connectivity index (χ4n) is 11.1. The number of carbonyl (C=O) groups is 3. The maximum atomic E-state index is 13.6. The number of urea groups is 1. The highest BCUT2D eigenvalue weighted by Gasteiger charge is 2.35. The first-order valence-electron chi connectivity index (χ1n) is 38.4. The van der Waals surface area contributed by atoms with Crippen LogP contribution in [0.25, 0.3) is 33.7 Å². The highest BCUT2D eigenvalue weighted by molar-refractivity contribution is 7.91. The fraction of sp³-hybridized carbons (Fsp3) is 0.468. The monoisotopic (exact) mass is 1820 g/mol. The predicted molar refractivity (Wildman–Crippen MR) is 453 cm³/mol. The molecule has 6 aromatic rings. The quantitative estimate of drug-likeness (QED) is 0.0143. The number of nitrogens with zero attached hydrogens (tertiary/aromatic N) is 5. The molecular formula is C77H109N9O33S4. The van der Waals surface area contributed by atoms with Crippen molar-refractivity contribution < 1.29 is 155 Å². The van der Waals surface area contributed by atoms with Crippen molar-refractivity contribution in [1.82, 2.24) is 14.7 Å². The highest BCUT2D eigenvalue weighted by Crippen LogP contribution is 2.32. The molecule has 2 amide bonds. The Morgan fingerprint density at radius 2 is 0.537 bits per heavy atom. The van der Waals surface area contributed by atoms with E-state index < -0.39 is 79.3 Å². The smallest absolute Gasteiger partial charge is 0.323 e. The SMILES string of the molecule is O=C(Nc1ccc2c(c1)C=C(S(=O)(=O)O)/C(=N\Nc1ccc3cc(S(=O)(=O)O)ccc3c1)C2=O)Nc1ccc2c(c1)C=C(S(=O)(=O)O)/C(=N\Nc1ccc3cc(S(=O)(=O)O)ccc3c1)C2=O.OCCOCCN(CCOCCO)CCOCCO.OCCOCCN(CCOCCO)CCOCCO.OCCOCCN(CCOCCO)CCOCCO. The number of fused-ring (bicyclic) bond motifs is 4. The van der Waals surface area contributed by atoms with E-state index in [0.717, 1.165) is 71.1 Å². The molecule has 46 heteroatoms. The number of hydrazone groups is 2. The van der Waals surface area contributed by atoms with Crippen LogP contribution in [0.15, 0.2) is 139 Å². The summed E-state index contributed by atoms with van der Waals surface area (Å²) in [6.45, 7) is 14.8. The number of carbonyl (C=O) groups excluding carboxylic acids is 3. The van der Waals surface area contributed by atoms with Gasteiger partial charge in [0.15, 0.2) is 11.4 Å². The molecule has 42 nitrogen and oxygen atoms in total. The van der Waals surface area contributed by atoms with E-state index >= 15 is 0 Å². The van der Waals surface area contributed by atoms with E-state index in [-0.39, 0.29) is 114 Å². The Kier molecular flexibility index (Phi) is 49.0. The number of hydrogen-bond acceptors (Lipinski definition) is 36. The van der Waals surface area contributed by atoms with E-state index in [2.05, 4.69) is 46.4 Å². The first kappa shape index (κ1) is 105. The Balaban J connectivity index is 0.000000381.